The van der Waals surface area contributed by atoms with E-state index in [1.807, 2.05) is 61.7 Å². The lowest BCUT2D eigenvalue weighted by Gasteiger charge is -2.16. The van der Waals surface area contributed by atoms with Gasteiger partial charge in [0, 0.05) is 36.4 Å². The fourth-order valence-corrected chi connectivity index (χ4v) is 6.89. The largest absolute Gasteiger partial charge is 0.496 e. The van der Waals surface area contributed by atoms with Crippen molar-refractivity contribution < 1.29 is 19.2 Å². The summed E-state index contributed by atoms with van der Waals surface area (Å²) in [6.07, 6.45) is 3.10. The summed E-state index contributed by atoms with van der Waals surface area (Å²) in [5.74, 6) is -0.169. The van der Waals surface area contributed by atoms with E-state index >= 15 is 0 Å². The van der Waals surface area contributed by atoms with Gasteiger partial charge in [-0.2, -0.15) is 0 Å². The second-order valence-corrected chi connectivity index (χ2v) is 14.7. The number of aromatic nitrogens is 6. The number of aryl methyl sites for hydroxylation is 3. The van der Waals surface area contributed by atoms with E-state index in [9.17, 15) is 19.2 Å². The lowest BCUT2D eigenvalue weighted by molar-refractivity contribution is -0.0758. The molecule has 0 radical (unpaired) electrons. The van der Waals surface area contributed by atoms with E-state index in [2.05, 4.69) is 51.8 Å². The molecule has 0 fully saturated rings. The Balaban J connectivity index is 0.000000196. The zero-order chi connectivity index (χ0) is 41.0. The van der Waals surface area contributed by atoms with Gasteiger partial charge >= 0.3 is 0 Å². The Hall–Kier alpha value is -5.90. The maximum absolute atomic E-state index is 13.3. The highest BCUT2D eigenvalue weighted by Gasteiger charge is 2.21. The first kappa shape index (κ1) is 40.8. The van der Waals surface area contributed by atoms with Crippen molar-refractivity contribution in [2.45, 2.75) is 33.9 Å². The first-order valence-electron chi connectivity index (χ1n) is 17.5. The SMILES string of the molecule is CON(C)C(=O)c1cn(Cc2cccc(Br)n2)c2nc(C)ccc2c1=O.COc1ccc(C(=O)c2cn(Cc3cccc(Br)n3)c3nc(C)ccc3c2=O)cc1C. The summed E-state index contributed by atoms with van der Waals surface area (Å²) < 4.78 is 10.3. The van der Waals surface area contributed by atoms with Crippen LogP contribution in [0.15, 0.2) is 110 Å². The molecule has 0 aliphatic carbocycles. The van der Waals surface area contributed by atoms with Gasteiger partial charge in [-0.1, -0.05) is 12.1 Å². The number of ketones is 1. The number of rotatable bonds is 9. The van der Waals surface area contributed by atoms with E-state index in [1.54, 1.807) is 60.3 Å². The van der Waals surface area contributed by atoms with Crippen molar-refractivity contribution in [1.82, 2.24) is 34.1 Å². The van der Waals surface area contributed by atoms with Gasteiger partial charge in [0.1, 0.15) is 31.8 Å². The molecule has 0 saturated heterocycles. The highest BCUT2D eigenvalue weighted by molar-refractivity contribution is 9.10. The van der Waals surface area contributed by atoms with Crippen LogP contribution in [0.3, 0.4) is 0 Å². The Morgan fingerprint density at radius 2 is 1.19 bits per heavy atom. The van der Waals surface area contributed by atoms with Crippen molar-refractivity contribution in [1.29, 1.82) is 0 Å². The van der Waals surface area contributed by atoms with Crippen molar-refractivity contribution in [2.75, 3.05) is 21.3 Å². The molecule has 0 N–H and O–H groups in total. The second kappa shape index (κ2) is 17.5. The Kier molecular flexibility index (Phi) is 12.5. The number of benzene rings is 1. The number of hydrogen-bond acceptors (Lipinski definition) is 10. The molecule has 7 rings (SSSR count). The van der Waals surface area contributed by atoms with Gasteiger partial charge in [-0.05, 0) is 125 Å². The summed E-state index contributed by atoms with van der Waals surface area (Å²) >= 11 is 6.74. The molecule has 0 atom stereocenters. The number of halogens is 2. The summed E-state index contributed by atoms with van der Waals surface area (Å²) in [6.45, 7) is 6.31. The number of hydrogen-bond donors (Lipinski definition) is 0. The van der Waals surface area contributed by atoms with Gasteiger partial charge in [0.2, 0.25) is 10.9 Å². The molecule has 1 aromatic carbocycles. The van der Waals surface area contributed by atoms with Crippen LogP contribution in [0, 0.1) is 20.8 Å². The minimum atomic E-state index is -0.518. The topological polar surface area (TPSA) is 151 Å². The average molecular weight is 896 g/mol. The number of ether oxygens (including phenoxy) is 1. The first-order chi connectivity index (χ1) is 27.3. The van der Waals surface area contributed by atoms with Crippen LogP contribution in [0.2, 0.25) is 0 Å². The van der Waals surface area contributed by atoms with Crippen LogP contribution in [0.5, 0.6) is 5.75 Å². The Morgan fingerprint density at radius 1 is 0.684 bits per heavy atom. The van der Waals surface area contributed by atoms with Gasteiger partial charge < -0.3 is 13.9 Å². The van der Waals surface area contributed by atoms with E-state index in [4.69, 9.17) is 9.57 Å². The molecule has 13 nitrogen and oxygen atoms in total. The number of nitrogens with zero attached hydrogens (tertiary/aromatic N) is 7. The minimum absolute atomic E-state index is 0.0162. The fourth-order valence-electron chi connectivity index (χ4n) is 6.13. The molecule has 0 unspecified atom stereocenters. The predicted octanol–water partition coefficient (Wildman–Crippen LogP) is 7.00. The van der Waals surface area contributed by atoms with E-state index in [0.29, 0.717) is 55.7 Å². The highest BCUT2D eigenvalue weighted by atomic mass is 79.9. The first-order valence-corrected chi connectivity index (χ1v) is 19.1. The molecule has 0 aliphatic heterocycles. The van der Waals surface area contributed by atoms with Crippen molar-refractivity contribution in [3.05, 3.63) is 166 Å². The number of methoxy groups -OCH3 is 1. The fraction of sp³-hybridized carbons (Fsp3) is 0.190. The lowest BCUT2D eigenvalue weighted by atomic mass is 10.0. The standard InChI is InChI=1S/C24H20BrN3O3.C18H17BrN4O3/c1-14-11-16(8-10-20(14)31-3)22(29)19-13-28(12-17-5-4-6-21(25)27-17)24-18(23(19)30)9-7-15(2)26-24;1-11-7-8-13-16(24)14(18(25)22(2)26-3)10-23(17(13)20-11)9-12-5-4-6-15(19)21-12/h4-11,13H,12H2,1-3H3;4-8,10H,9H2,1-3H3. The van der Waals surface area contributed by atoms with Crippen molar-refractivity contribution in [3.8, 4) is 5.75 Å². The Bertz CT molecular complexity index is 2800. The van der Waals surface area contributed by atoms with Crippen molar-refractivity contribution in [3.63, 3.8) is 0 Å². The van der Waals surface area contributed by atoms with Crippen LogP contribution in [-0.4, -0.2) is 67.1 Å². The normalized spacial score (nSPS) is 10.9. The maximum atomic E-state index is 13.3. The highest BCUT2D eigenvalue weighted by Crippen LogP contribution is 2.22. The third-order valence-corrected chi connectivity index (χ3v) is 9.91. The number of carbonyl (C=O) groups is 2. The molecule has 7 aromatic rings. The molecular weight excluding hydrogens is 858 g/mol. The molecule has 1 amide bonds. The average Bonchev–Trinajstić information content (AvgIpc) is 3.19. The summed E-state index contributed by atoms with van der Waals surface area (Å²) in [4.78, 5) is 74.6. The smallest absolute Gasteiger partial charge is 0.282 e. The van der Waals surface area contributed by atoms with E-state index in [-0.39, 0.29) is 27.8 Å². The van der Waals surface area contributed by atoms with E-state index in [0.717, 1.165) is 33.4 Å². The predicted molar refractivity (Wildman–Crippen MR) is 224 cm³/mol. The molecule has 15 heteroatoms. The van der Waals surface area contributed by atoms with Crippen molar-refractivity contribution >= 4 is 65.6 Å². The minimum Gasteiger partial charge on any atom is -0.496 e. The molecule has 290 valence electrons. The van der Waals surface area contributed by atoms with Gasteiger partial charge in [-0.3, -0.25) is 24.0 Å². The second-order valence-electron chi connectivity index (χ2n) is 13.0. The molecule has 0 saturated carbocycles. The van der Waals surface area contributed by atoms with Crippen molar-refractivity contribution in [2.24, 2.45) is 0 Å². The molecule has 0 aliphatic rings. The van der Waals surface area contributed by atoms with Gasteiger partial charge in [0.05, 0.1) is 55.0 Å². The molecule has 6 aromatic heterocycles. The molecule has 0 bridgehead atoms. The Morgan fingerprint density at radius 3 is 1.67 bits per heavy atom. The van der Waals surface area contributed by atoms with Crippen LogP contribution < -0.4 is 15.6 Å². The summed E-state index contributed by atoms with van der Waals surface area (Å²) in [5.41, 5.74) is 4.80. The molecular formula is C42H37Br2N7O6. The number of amides is 1. The lowest BCUT2D eigenvalue weighted by Crippen LogP contribution is -2.31. The molecule has 6 heterocycles. The maximum Gasteiger partial charge on any atom is 0.282 e. The molecule has 0 spiro atoms. The third kappa shape index (κ3) is 9.06. The van der Waals surface area contributed by atoms with E-state index < -0.39 is 5.91 Å². The van der Waals surface area contributed by atoms with Crippen LogP contribution in [-0.2, 0) is 17.9 Å². The quantitative estimate of drug-likeness (QED) is 0.0842. The summed E-state index contributed by atoms with van der Waals surface area (Å²) in [6, 6.07) is 23.3. The summed E-state index contributed by atoms with van der Waals surface area (Å²) in [5, 5.41) is 1.80. The number of carbonyl (C=O) groups excluding carboxylic acids is 2. The Labute approximate surface area is 344 Å². The van der Waals surface area contributed by atoms with Crippen LogP contribution in [0.25, 0.3) is 22.1 Å². The zero-order valence-corrected chi connectivity index (χ0v) is 35.1. The van der Waals surface area contributed by atoms with Gasteiger partial charge in [0.25, 0.3) is 5.91 Å². The summed E-state index contributed by atoms with van der Waals surface area (Å²) in [7, 11) is 4.41. The van der Waals surface area contributed by atoms with Gasteiger partial charge in [-0.15, -0.1) is 0 Å². The van der Waals surface area contributed by atoms with Gasteiger partial charge in [0.15, 0.2) is 5.78 Å². The van der Waals surface area contributed by atoms with E-state index in [1.165, 1.54) is 20.4 Å². The van der Waals surface area contributed by atoms with Crippen LogP contribution in [0.1, 0.15) is 54.6 Å². The molecule has 57 heavy (non-hydrogen) atoms. The third-order valence-electron chi connectivity index (χ3n) is 9.02. The zero-order valence-electron chi connectivity index (χ0n) is 31.9. The number of fused-ring (bicyclic) bond motifs is 2. The number of hydroxylamine groups is 2. The van der Waals surface area contributed by atoms with Crippen LogP contribution >= 0.6 is 31.9 Å². The van der Waals surface area contributed by atoms with Gasteiger partial charge in [-0.25, -0.2) is 25.0 Å². The monoisotopic (exact) mass is 893 g/mol. The number of pyridine rings is 6. The van der Waals surface area contributed by atoms with Crippen LogP contribution in [0.4, 0.5) is 0 Å².